The van der Waals surface area contributed by atoms with Gasteiger partial charge in [-0.05, 0) is 0 Å². The fourth-order valence-electron chi connectivity index (χ4n) is 24.3. The van der Waals surface area contributed by atoms with Crippen molar-refractivity contribution >= 4 is 148 Å². The number of hydrogen-bond acceptors (Lipinski definition) is 0. The standard InChI is InChI=1S/C66H146Ge2Si14/c1-69(2,3)61(70(4,5)6)55-49-53(65(77(25,26)27,78(28,29)30)79(31,32)33)50-56(62(71(7,8)9)72(10,11)12)59(55)67(43-44-67)47-48-68(45-46-68)60-57(63(73(13,14)15)74(16,17)18)51-54(52-58(60)64(75(19,20)21)76(22,23)24)66(80(34,35)36,81(37,38)39)82(40,41)42/h49-52,61-64H,43-48H2,1-42H3. The molecule has 474 valence electrons. The van der Waals surface area contributed by atoms with Crippen LogP contribution in [0.4, 0.5) is 0 Å². The summed E-state index contributed by atoms with van der Waals surface area (Å²) in [7, 11) is -24.4. The number of rotatable bonds is 25. The van der Waals surface area contributed by atoms with Gasteiger partial charge in [0.2, 0.25) is 0 Å². The van der Waals surface area contributed by atoms with Crippen molar-refractivity contribution in [2.24, 2.45) is 0 Å². The minimum atomic E-state index is -2.69. The monoisotopic (exact) mass is 1480 g/mol. The van der Waals surface area contributed by atoms with E-state index in [1.807, 2.05) is 11.1 Å². The van der Waals surface area contributed by atoms with E-state index in [9.17, 15) is 0 Å². The zero-order valence-corrected chi connectivity index (χ0v) is 82.1. The summed E-state index contributed by atoms with van der Waals surface area (Å²) < 4.78 is 5.19. The zero-order chi connectivity index (χ0) is 65.0. The van der Waals surface area contributed by atoms with Crippen molar-refractivity contribution < 1.29 is 0 Å². The van der Waals surface area contributed by atoms with Gasteiger partial charge in [-0.3, -0.25) is 0 Å². The van der Waals surface area contributed by atoms with Crippen LogP contribution in [0.3, 0.4) is 0 Å². The molecule has 0 nitrogen and oxygen atoms in total. The van der Waals surface area contributed by atoms with Crippen LogP contribution in [0.1, 0.15) is 54.0 Å². The Labute approximate surface area is 536 Å². The molecule has 2 saturated heterocycles. The molecule has 16 heteroatoms. The Hall–Kier alpha value is 2.56. The van der Waals surface area contributed by atoms with E-state index in [1.54, 1.807) is 31.5 Å². The first-order valence-corrected chi connectivity index (χ1v) is 94.5. The van der Waals surface area contributed by atoms with Crippen LogP contribution in [0.5, 0.6) is 0 Å². The van der Waals surface area contributed by atoms with E-state index in [-0.39, 0.29) is 0 Å². The van der Waals surface area contributed by atoms with Crippen molar-refractivity contribution in [3.05, 3.63) is 57.6 Å². The van der Waals surface area contributed by atoms with Gasteiger partial charge in [-0.2, -0.15) is 0 Å². The van der Waals surface area contributed by atoms with E-state index in [2.05, 4.69) is 330 Å². The third kappa shape index (κ3) is 14.7. The summed E-state index contributed by atoms with van der Waals surface area (Å²) in [4.78, 5) is 0. The van der Waals surface area contributed by atoms with Gasteiger partial charge in [-0.15, -0.1) is 0 Å². The van der Waals surface area contributed by atoms with E-state index in [0.29, 0.717) is 8.57 Å². The molecule has 0 N–H and O–H groups in total. The zero-order valence-electron chi connectivity index (χ0n) is 63.9. The molecule has 2 aromatic carbocycles. The molecular formula is C66H146Ge2Si14. The third-order valence-corrected chi connectivity index (χ3v) is 123. The first-order chi connectivity index (χ1) is 35.5. The fourth-order valence-corrected chi connectivity index (χ4v) is 170. The second-order valence-electron chi connectivity index (χ2n) is 43.8. The Morgan fingerprint density at radius 3 is 0.488 bits per heavy atom. The summed E-state index contributed by atoms with van der Waals surface area (Å²) in [5.74, 6) is 0. The molecule has 0 saturated carbocycles. The molecule has 2 aliphatic rings. The van der Waals surface area contributed by atoms with Gasteiger partial charge in [0.05, 0.1) is 0 Å². The van der Waals surface area contributed by atoms with Crippen LogP contribution in [-0.4, -0.2) is 140 Å². The minimum absolute atomic E-state index is 0.378. The average Bonchev–Trinajstić information content (AvgIpc) is 4.03. The molecule has 0 aliphatic carbocycles. The molecule has 2 aliphatic heterocycles. The molecule has 0 bridgehead atoms. The van der Waals surface area contributed by atoms with Gasteiger partial charge in [0.15, 0.2) is 0 Å². The van der Waals surface area contributed by atoms with Crippen molar-refractivity contribution in [2.45, 2.75) is 336 Å². The molecule has 0 radical (unpaired) electrons. The van der Waals surface area contributed by atoms with Crippen molar-refractivity contribution in [2.75, 3.05) is 0 Å². The van der Waals surface area contributed by atoms with Gasteiger partial charge < -0.3 is 0 Å². The Kier molecular flexibility index (Phi) is 21.8. The summed E-state index contributed by atoms with van der Waals surface area (Å²) in [5, 5.41) is 13.0. The molecule has 2 fully saturated rings. The van der Waals surface area contributed by atoms with Crippen LogP contribution in [0, 0.1) is 0 Å². The second-order valence-corrected chi connectivity index (χ2v) is 142. The molecule has 0 aromatic heterocycles. The van der Waals surface area contributed by atoms with E-state index in [0.717, 1.165) is 20.7 Å². The summed E-state index contributed by atoms with van der Waals surface area (Å²) >= 11 is -5.38. The Morgan fingerprint density at radius 1 is 0.256 bits per heavy atom. The summed E-state index contributed by atoms with van der Waals surface area (Å²) in [5.41, 5.74) is 12.1. The van der Waals surface area contributed by atoms with Crippen molar-refractivity contribution in [3.63, 3.8) is 0 Å². The van der Waals surface area contributed by atoms with E-state index in [1.165, 1.54) is 0 Å². The predicted molar refractivity (Wildman–Crippen MR) is 434 cm³/mol. The van der Waals surface area contributed by atoms with Gasteiger partial charge >= 0.3 is 542 Å². The topological polar surface area (TPSA) is 0 Å². The summed E-state index contributed by atoms with van der Waals surface area (Å²) in [6.07, 6.45) is 0. The predicted octanol–water partition coefficient (Wildman–Crippen LogP) is 22.8. The molecule has 4 rings (SSSR count). The third-order valence-electron chi connectivity index (χ3n) is 22.0. The first kappa shape index (κ1) is 77.0. The van der Waals surface area contributed by atoms with Crippen LogP contribution in [0.25, 0.3) is 0 Å². The van der Waals surface area contributed by atoms with Crippen LogP contribution in [0.2, 0.25) is 306 Å². The Balaban J connectivity index is 2.46. The van der Waals surface area contributed by atoms with E-state index in [4.69, 9.17) is 0 Å². The molecule has 2 aromatic rings. The molecule has 0 atom stereocenters. The van der Waals surface area contributed by atoms with Crippen LogP contribution in [-0.2, 0) is 8.57 Å². The number of hydrogen-bond donors (Lipinski definition) is 0. The van der Waals surface area contributed by atoms with Crippen LogP contribution in [0.15, 0.2) is 24.3 Å². The SMILES string of the molecule is C[Si](C)(C)C(c1cc(C([Si](C)(C)C)([Si](C)(C)C)[Si](C)(C)C)cc(C([Si](C)(C)C)[Si](C)(C)C)[c]1[Ge]1([CH2][CH2][Ge]2([c]3c(C([Si](C)(C)C)[Si](C)(C)C)cc(C([Si](C)(C)C)([Si](C)(C)C)[Si](C)(C)C)cc3C([Si](C)(C)C)[Si](C)(C)C)[CH2][CH2]2)[CH2][CH2]1)[Si](C)(C)C. The molecule has 2 heterocycles. The van der Waals surface area contributed by atoms with Gasteiger partial charge in [-0.25, -0.2) is 0 Å². The second kappa shape index (κ2) is 23.2. The van der Waals surface area contributed by atoms with Crippen molar-refractivity contribution in [3.8, 4) is 0 Å². The molecular weight excluding hydrogens is 1330 g/mol. The Bertz CT molecular complexity index is 2190. The molecule has 82 heavy (non-hydrogen) atoms. The summed E-state index contributed by atoms with van der Waals surface area (Å²) in [6.45, 7) is 120. The quantitative estimate of drug-likeness (QED) is 0.0869. The normalized spacial score (nSPS) is 18.2. The van der Waals surface area contributed by atoms with Crippen LogP contribution < -0.4 is 8.79 Å². The van der Waals surface area contributed by atoms with Gasteiger partial charge in [0.1, 0.15) is 0 Å². The molecule has 0 amide bonds. The van der Waals surface area contributed by atoms with Crippen LogP contribution >= 0.6 is 0 Å². The van der Waals surface area contributed by atoms with Crippen molar-refractivity contribution in [1.29, 1.82) is 0 Å². The maximum absolute atomic E-state index is 3.20. The molecule has 0 unspecified atom stereocenters. The van der Waals surface area contributed by atoms with Crippen molar-refractivity contribution in [1.82, 2.24) is 0 Å². The molecule has 0 spiro atoms. The van der Waals surface area contributed by atoms with Gasteiger partial charge in [0.25, 0.3) is 0 Å². The van der Waals surface area contributed by atoms with Gasteiger partial charge in [0, 0.05) is 0 Å². The first-order valence-electron chi connectivity index (χ1n) is 33.9. The Morgan fingerprint density at radius 2 is 0.390 bits per heavy atom. The fraction of sp³-hybridized carbons (Fsp3) is 0.818. The average molecular weight is 1480 g/mol. The van der Waals surface area contributed by atoms with E-state index >= 15 is 0 Å². The maximum atomic E-state index is 3.20. The van der Waals surface area contributed by atoms with Gasteiger partial charge in [-0.1, -0.05) is 0 Å². The number of benzene rings is 2. The summed E-state index contributed by atoms with van der Waals surface area (Å²) in [6, 6.07) is 12.8. The van der Waals surface area contributed by atoms with E-state index < -0.39 is 140 Å².